The number of anilines is 1. The molecule has 7 nitrogen and oxygen atoms in total. The number of esters is 1. The van der Waals surface area contributed by atoms with Gasteiger partial charge in [-0.2, -0.15) is 5.26 Å². The summed E-state index contributed by atoms with van der Waals surface area (Å²) in [6, 6.07) is 14.4. The summed E-state index contributed by atoms with van der Waals surface area (Å²) in [6.45, 7) is 0. The van der Waals surface area contributed by atoms with E-state index in [0.29, 0.717) is 16.8 Å². The van der Waals surface area contributed by atoms with Crippen molar-refractivity contribution in [3.8, 4) is 6.07 Å². The van der Waals surface area contributed by atoms with E-state index in [1.165, 1.54) is 13.2 Å². The van der Waals surface area contributed by atoms with Gasteiger partial charge in [0.25, 0.3) is 0 Å². The van der Waals surface area contributed by atoms with Gasteiger partial charge in [-0.15, -0.1) is 0 Å². The minimum atomic E-state index is -0.911. The van der Waals surface area contributed by atoms with Crippen LogP contribution in [0.15, 0.2) is 53.0 Å². The lowest BCUT2D eigenvalue weighted by Crippen LogP contribution is -2.38. The Morgan fingerprint density at radius 1 is 1.15 bits per heavy atom. The van der Waals surface area contributed by atoms with E-state index in [1.807, 2.05) is 6.07 Å². The summed E-state index contributed by atoms with van der Waals surface area (Å²) < 4.78 is 5.43. The number of amides is 2. The highest BCUT2D eigenvalue weighted by Gasteiger charge is 2.23. The minimum absolute atomic E-state index is 0.129. The molecule has 8 heteroatoms. The zero-order valence-corrected chi connectivity index (χ0v) is 15.9. The molecule has 0 heterocycles. The molecular weight excluding hydrogens is 414 g/mol. The molecular formula is C19H16BrN3O4. The van der Waals surface area contributed by atoms with Crippen LogP contribution in [0, 0.1) is 11.3 Å². The highest BCUT2D eigenvalue weighted by molar-refractivity contribution is 9.10. The van der Waals surface area contributed by atoms with Gasteiger partial charge in [0.1, 0.15) is 0 Å². The number of nitrogens with zero attached hydrogens (tertiary/aromatic N) is 1. The van der Waals surface area contributed by atoms with E-state index < -0.39 is 23.8 Å². The molecule has 2 aromatic rings. The first kappa shape index (κ1) is 20.1. The minimum Gasteiger partial charge on any atom is -0.469 e. The fraction of sp³-hybridized carbons (Fsp3) is 0.158. The van der Waals surface area contributed by atoms with Crippen LogP contribution in [0.1, 0.15) is 23.6 Å². The first-order chi connectivity index (χ1) is 12.9. The van der Waals surface area contributed by atoms with Gasteiger partial charge in [0.15, 0.2) is 0 Å². The van der Waals surface area contributed by atoms with Crippen molar-refractivity contribution in [1.82, 2.24) is 5.32 Å². The molecule has 27 heavy (non-hydrogen) atoms. The number of rotatable bonds is 5. The van der Waals surface area contributed by atoms with Crippen molar-refractivity contribution in [1.29, 1.82) is 5.26 Å². The third-order valence-electron chi connectivity index (χ3n) is 3.61. The summed E-state index contributed by atoms with van der Waals surface area (Å²) in [6.07, 6.45) is -0.129. The zero-order chi connectivity index (χ0) is 19.8. The van der Waals surface area contributed by atoms with Crippen molar-refractivity contribution >= 4 is 39.4 Å². The summed E-state index contributed by atoms with van der Waals surface area (Å²) in [7, 11) is 1.25. The molecule has 0 saturated carbocycles. The third-order valence-corrected chi connectivity index (χ3v) is 4.10. The molecule has 2 aromatic carbocycles. The molecule has 0 radical (unpaired) electrons. The number of halogens is 1. The van der Waals surface area contributed by atoms with E-state index in [0.717, 1.165) is 4.47 Å². The van der Waals surface area contributed by atoms with Crippen molar-refractivity contribution in [3.05, 3.63) is 64.1 Å². The number of nitriles is 1. The highest BCUT2D eigenvalue weighted by atomic mass is 79.9. The molecule has 0 aliphatic carbocycles. The SMILES string of the molecule is COC(=O)C[C@H](NC(=O)C(=O)Nc1cccc(C#N)c1)c1cccc(Br)c1. The summed E-state index contributed by atoms with van der Waals surface area (Å²) in [5.41, 5.74) is 1.31. The summed E-state index contributed by atoms with van der Waals surface area (Å²) >= 11 is 3.33. The van der Waals surface area contributed by atoms with Crippen LogP contribution < -0.4 is 10.6 Å². The molecule has 2 amide bonds. The smallest absolute Gasteiger partial charge is 0.313 e. The summed E-state index contributed by atoms with van der Waals surface area (Å²) in [4.78, 5) is 36.1. The van der Waals surface area contributed by atoms with Gasteiger partial charge in [-0.05, 0) is 35.9 Å². The Bertz CT molecular complexity index is 908. The van der Waals surface area contributed by atoms with E-state index in [1.54, 1.807) is 42.5 Å². The number of hydrogen-bond donors (Lipinski definition) is 2. The maximum atomic E-state index is 12.3. The quantitative estimate of drug-likeness (QED) is 0.560. The monoisotopic (exact) mass is 429 g/mol. The lowest BCUT2D eigenvalue weighted by molar-refractivity contribution is -0.142. The molecule has 0 aliphatic heterocycles. The Morgan fingerprint density at radius 3 is 2.56 bits per heavy atom. The number of ether oxygens (including phenoxy) is 1. The van der Waals surface area contributed by atoms with Crippen LogP contribution in [-0.2, 0) is 19.1 Å². The van der Waals surface area contributed by atoms with Crippen LogP contribution in [0.2, 0.25) is 0 Å². The molecule has 0 saturated heterocycles. The molecule has 0 aliphatic rings. The Morgan fingerprint density at radius 2 is 1.89 bits per heavy atom. The van der Waals surface area contributed by atoms with Gasteiger partial charge in [0.2, 0.25) is 0 Å². The Balaban J connectivity index is 2.13. The number of carbonyl (C=O) groups excluding carboxylic acids is 3. The van der Waals surface area contributed by atoms with Gasteiger partial charge >= 0.3 is 17.8 Å². The molecule has 0 aromatic heterocycles. The standard InChI is InChI=1S/C19H16BrN3O4/c1-27-17(24)10-16(13-5-3-6-14(20)9-13)23-19(26)18(25)22-15-7-2-4-12(8-15)11-21/h2-9,16H,10H2,1H3,(H,22,25)(H,23,26)/t16-/m0/s1. The van der Waals surface area contributed by atoms with Crippen molar-refractivity contribution < 1.29 is 19.1 Å². The number of nitrogens with one attached hydrogen (secondary N) is 2. The molecule has 0 unspecified atom stereocenters. The average Bonchev–Trinajstić information content (AvgIpc) is 2.67. The fourth-order valence-corrected chi connectivity index (χ4v) is 2.72. The second kappa shape index (κ2) is 9.50. The molecule has 0 fully saturated rings. The van der Waals surface area contributed by atoms with Crippen LogP contribution in [-0.4, -0.2) is 24.9 Å². The van der Waals surface area contributed by atoms with Crippen LogP contribution in [0.3, 0.4) is 0 Å². The highest BCUT2D eigenvalue weighted by Crippen LogP contribution is 2.21. The molecule has 138 valence electrons. The molecule has 2 N–H and O–H groups in total. The van der Waals surface area contributed by atoms with Crippen molar-refractivity contribution in [2.24, 2.45) is 0 Å². The second-order valence-electron chi connectivity index (χ2n) is 5.51. The van der Waals surface area contributed by atoms with Crippen LogP contribution in [0.5, 0.6) is 0 Å². The van der Waals surface area contributed by atoms with Gasteiger partial charge in [-0.25, -0.2) is 0 Å². The van der Waals surface area contributed by atoms with Gasteiger partial charge in [-0.1, -0.05) is 34.1 Å². The van der Waals surface area contributed by atoms with E-state index in [2.05, 4.69) is 31.3 Å². The second-order valence-corrected chi connectivity index (χ2v) is 6.42. The Hall–Kier alpha value is -3.18. The normalized spacial score (nSPS) is 11.0. The van der Waals surface area contributed by atoms with Crippen molar-refractivity contribution in [2.75, 3.05) is 12.4 Å². The summed E-state index contributed by atoms with van der Waals surface area (Å²) in [5.74, 6) is -2.34. The number of benzene rings is 2. The predicted octanol–water partition coefficient (Wildman–Crippen LogP) is 2.68. The van der Waals surface area contributed by atoms with Gasteiger partial charge in [0.05, 0.1) is 31.2 Å². The van der Waals surface area contributed by atoms with Crippen LogP contribution in [0.25, 0.3) is 0 Å². The topological polar surface area (TPSA) is 108 Å². The zero-order valence-electron chi connectivity index (χ0n) is 14.4. The van der Waals surface area contributed by atoms with E-state index in [9.17, 15) is 14.4 Å². The van der Waals surface area contributed by atoms with Crippen molar-refractivity contribution in [2.45, 2.75) is 12.5 Å². The molecule has 1 atom stereocenters. The third kappa shape index (κ3) is 5.94. The van der Waals surface area contributed by atoms with Crippen LogP contribution >= 0.6 is 15.9 Å². The van der Waals surface area contributed by atoms with E-state index >= 15 is 0 Å². The molecule has 0 spiro atoms. The number of hydrogen-bond acceptors (Lipinski definition) is 5. The lowest BCUT2D eigenvalue weighted by atomic mass is 10.0. The number of carbonyl (C=O) groups is 3. The maximum absolute atomic E-state index is 12.3. The Kier molecular flexibility index (Phi) is 7.08. The van der Waals surface area contributed by atoms with Gasteiger partial charge in [-0.3, -0.25) is 14.4 Å². The Labute approximate surface area is 164 Å². The van der Waals surface area contributed by atoms with Crippen molar-refractivity contribution in [3.63, 3.8) is 0 Å². The van der Waals surface area contributed by atoms with E-state index in [4.69, 9.17) is 5.26 Å². The maximum Gasteiger partial charge on any atom is 0.313 e. The van der Waals surface area contributed by atoms with Gasteiger partial charge < -0.3 is 15.4 Å². The first-order valence-corrected chi connectivity index (χ1v) is 8.66. The van der Waals surface area contributed by atoms with Gasteiger partial charge in [0, 0.05) is 10.2 Å². The predicted molar refractivity (Wildman–Crippen MR) is 101 cm³/mol. The van der Waals surface area contributed by atoms with Crippen LogP contribution in [0.4, 0.5) is 5.69 Å². The molecule has 2 rings (SSSR count). The largest absolute Gasteiger partial charge is 0.469 e. The number of methoxy groups -OCH3 is 1. The first-order valence-electron chi connectivity index (χ1n) is 7.87. The molecule has 0 bridgehead atoms. The lowest BCUT2D eigenvalue weighted by Gasteiger charge is -2.18. The summed E-state index contributed by atoms with van der Waals surface area (Å²) in [5, 5.41) is 13.9. The fourth-order valence-electron chi connectivity index (χ4n) is 2.30. The van der Waals surface area contributed by atoms with E-state index in [-0.39, 0.29) is 6.42 Å². The average molecular weight is 430 g/mol.